The fourth-order valence-electron chi connectivity index (χ4n) is 0.750. The van der Waals surface area contributed by atoms with Crippen LogP contribution in [0.5, 0.6) is 0 Å². The predicted molar refractivity (Wildman–Crippen MR) is 46.5 cm³/mol. The maximum atomic E-state index is 9.46. The van der Waals surface area contributed by atoms with Gasteiger partial charge in [0.2, 0.25) is 0 Å². The van der Waals surface area contributed by atoms with Crippen molar-refractivity contribution < 1.29 is 9.90 Å². The normalized spacial score (nSPS) is 8.92. The molecule has 12 heavy (non-hydrogen) atoms. The number of hydrogen-bond acceptors (Lipinski definition) is 1. The van der Waals surface area contributed by atoms with E-state index in [1.54, 1.807) is 0 Å². The lowest BCUT2D eigenvalue weighted by molar-refractivity contribution is -0.135. The maximum absolute atomic E-state index is 9.46. The van der Waals surface area contributed by atoms with Crippen molar-refractivity contribution in [2.75, 3.05) is 0 Å². The summed E-state index contributed by atoms with van der Waals surface area (Å²) >= 11 is 0. The lowest BCUT2D eigenvalue weighted by atomic mass is 9.95. The Labute approximate surface area is 70.8 Å². The molecule has 0 unspecified atom stereocenters. The summed E-state index contributed by atoms with van der Waals surface area (Å²) < 4.78 is 0. The van der Waals surface area contributed by atoms with Gasteiger partial charge < -0.3 is 5.11 Å². The van der Waals surface area contributed by atoms with Gasteiger partial charge in [-0.15, -0.1) is 6.42 Å². The third-order valence-electron chi connectivity index (χ3n) is 1.47. The summed E-state index contributed by atoms with van der Waals surface area (Å²) in [5.41, 5.74) is 2.85. The largest absolute Gasteiger partial charge is 0.481 e. The van der Waals surface area contributed by atoms with E-state index in [1.807, 2.05) is 5.92 Å². The van der Waals surface area contributed by atoms with Gasteiger partial charge in [-0.05, 0) is 11.1 Å². The number of hydrogen-bond donors (Lipinski definition) is 1. The third-order valence-corrected chi connectivity index (χ3v) is 1.47. The molecule has 0 aromatic rings. The highest BCUT2D eigenvalue weighted by Crippen LogP contribution is 2.29. The molecule has 0 saturated carbocycles. The number of benzene rings is 1. The van der Waals surface area contributed by atoms with Gasteiger partial charge in [-0.25, -0.2) is 0 Å². The van der Waals surface area contributed by atoms with E-state index >= 15 is 0 Å². The van der Waals surface area contributed by atoms with Crippen LogP contribution < -0.4 is 0 Å². The van der Waals surface area contributed by atoms with Crippen molar-refractivity contribution >= 4 is 5.97 Å². The summed E-state index contributed by atoms with van der Waals surface area (Å²) in [5, 5.41) is 7.77. The van der Waals surface area contributed by atoms with Crippen LogP contribution in [0.15, 0.2) is 24.3 Å². The van der Waals surface area contributed by atoms with E-state index in [2.05, 4.69) is 30.7 Å². The van der Waals surface area contributed by atoms with E-state index in [4.69, 9.17) is 5.11 Å². The van der Waals surface area contributed by atoms with E-state index in [0.717, 1.165) is 0 Å². The molecule has 2 nitrogen and oxygen atoms in total. The molecule has 2 heteroatoms. The zero-order valence-corrected chi connectivity index (χ0v) is 6.45. The zero-order valence-electron chi connectivity index (χ0n) is 6.45. The Hall–Kier alpha value is -1.75. The summed E-state index contributed by atoms with van der Waals surface area (Å²) in [7, 11) is 0. The van der Waals surface area contributed by atoms with Crippen molar-refractivity contribution in [2.24, 2.45) is 0 Å². The van der Waals surface area contributed by atoms with Crippen molar-refractivity contribution in [1.29, 1.82) is 0 Å². The standard InChI is InChI=1S/C6H4.C4H4O2/c1-2-6-4-3-5(1)6;1-2-3-4(5)6/h1-4H;1H,3H2,(H,5,6). The monoisotopic (exact) mass is 160 g/mol. The number of fused-ring (bicyclic) bond motifs is 1. The van der Waals surface area contributed by atoms with Crippen molar-refractivity contribution in [3.8, 4) is 23.5 Å². The average molecular weight is 160 g/mol. The lowest BCUT2D eigenvalue weighted by Crippen LogP contribution is -1.88. The molecule has 0 aromatic carbocycles. The second-order valence-corrected chi connectivity index (χ2v) is 2.35. The highest BCUT2D eigenvalue weighted by molar-refractivity contribution is 5.75. The van der Waals surface area contributed by atoms with Crippen LogP contribution in [0.4, 0.5) is 0 Å². The third kappa shape index (κ3) is 1.86. The van der Waals surface area contributed by atoms with Crippen molar-refractivity contribution in [1.82, 2.24) is 0 Å². The van der Waals surface area contributed by atoms with Crippen LogP contribution in [-0.4, -0.2) is 11.1 Å². The van der Waals surface area contributed by atoms with Crippen LogP contribution in [0.25, 0.3) is 11.1 Å². The molecule has 2 aliphatic rings. The first-order chi connectivity index (χ1) is 5.74. The topological polar surface area (TPSA) is 37.3 Å². The first-order valence-electron chi connectivity index (χ1n) is 3.49. The van der Waals surface area contributed by atoms with Crippen LogP contribution in [0.2, 0.25) is 0 Å². The van der Waals surface area contributed by atoms with Crippen LogP contribution in [0, 0.1) is 12.3 Å². The fraction of sp³-hybridized carbons (Fsp3) is 0.100. The van der Waals surface area contributed by atoms with Crippen LogP contribution in [-0.2, 0) is 4.79 Å². The van der Waals surface area contributed by atoms with Gasteiger partial charge >= 0.3 is 5.97 Å². The van der Waals surface area contributed by atoms with Crippen LogP contribution in [0.1, 0.15) is 6.42 Å². The summed E-state index contributed by atoms with van der Waals surface area (Å²) in [5.74, 6) is 1.02. The highest BCUT2D eigenvalue weighted by atomic mass is 16.4. The molecule has 1 N–H and O–H groups in total. The first kappa shape index (κ1) is 8.35. The molecule has 0 aliphatic heterocycles. The quantitative estimate of drug-likeness (QED) is 0.645. The second-order valence-electron chi connectivity index (χ2n) is 2.35. The molecule has 0 radical (unpaired) electrons. The van der Waals surface area contributed by atoms with Gasteiger partial charge in [-0.2, -0.15) is 0 Å². The summed E-state index contributed by atoms with van der Waals surface area (Å²) in [6.07, 6.45) is 4.42. The summed E-state index contributed by atoms with van der Waals surface area (Å²) in [6.45, 7) is 0. The smallest absolute Gasteiger partial charge is 0.315 e. The molecular formula is C10H8O2. The van der Waals surface area contributed by atoms with E-state index in [-0.39, 0.29) is 6.42 Å². The Balaban J connectivity index is 0.000000120. The first-order valence-corrected chi connectivity index (χ1v) is 3.49. The van der Waals surface area contributed by atoms with Crippen LogP contribution in [0.3, 0.4) is 0 Å². The zero-order chi connectivity index (χ0) is 8.97. The minimum Gasteiger partial charge on any atom is -0.481 e. The maximum Gasteiger partial charge on any atom is 0.315 e. The minimum absolute atomic E-state index is 0.181. The fourth-order valence-corrected chi connectivity index (χ4v) is 0.750. The van der Waals surface area contributed by atoms with Gasteiger partial charge in [0.15, 0.2) is 0 Å². The Morgan fingerprint density at radius 1 is 1.33 bits per heavy atom. The van der Waals surface area contributed by atoms with E-state index < -0.39 is 5.97 Å². The van der Waals surface area contributed by atoms with Gasteiger partial charge in [-0.1, -0.05) is 30.2 Å². The Bertz CT molecular complexity index is 296. The molecule has 2 rings (SSSR count). The molecule has 2 aliphatic carbocycles. The molecule has 0 bridgehead atoms. The highest BCUT2D eigenvalue weighted by Gasteiger charge is 2.03. The average Bonchev–Trinajstić information content (AvgIpc) is 1.98. The van der Waals surface area contributed by atoms with Crippen LogP contribution >= 0.6 is 0 Å². The van der Waals surface area contributed by atoms with Gasteiger partial charge in [0.1, 0.15) is 6.42 Å². The SMILES string of the molecule is C#CCC(=O)O.c1cc2ccc1-2. The van der Waals surface area contributed by atoms with E-state index in [9.17, 15) is 4.79 Å². The summed E-state index contributed by atoms with van der Waals surface area (Å²) in [4.78, 5) is 9.46. The van der Waals surface area contributed by atoms with Gasteiger partial charge in [0, 0.05) is 0 Å². The number of carboxylic acid groups (broad SMARTS) is 1. The summed E-state index contributed by atoms with van der Waals surface area (Å²) in [6, 6.07) is 8.48. The van der Waals surface area contributed by atoms with Crippen molar-refractivity contribution in [3.63, 3.8) is 0 Å². The van der Waals surface area contributed by atoms with Crippen molar-refractivity contribution in [2.45, 2.75) is 6.42 Å². The number of aliphatic carboxylic acids is 1. The minimum atomic E-state index is -0.947. The molecule has 0 saturated heterocycles. The number of rotatable bonds is 1. The Kier molecular flexibility index (Phi) is 2.49. The molecule has 0 spiro atoms. The predicted octanol–water partition coefficient (Wildman–Crippen LogP) is 1.76. The van der Waals surface area contributed by atoms with Gasteiger partial charge in [0.05, 0.1) is 0 Å². The molecular weight excluding hydrogens is 152 g/mol. The van der Waals surface area contributed by atoms with E-state index in [1.165, 1.54) is 11.1 Å². The second kappa shape index (κ2) is 3.59. The number of terminal acetylenes is 1. The van der Waals surface area contributed by atoms with E-state index in [0.29, 0.717) is 0 Å². The number of carboxylic acids is 1. The molecule has 0 amide bonds. The Morgan fingerprint density at radius 3 is 1.75 bits per heavy atom. The molecule has 0 aromatic heterocycles. The Morgan fingerprint density at radius 2 is 1.75 bits per heavy atom. The molecule has 60 valence electrons. The molecule has 0 heterocycles. The van der Waals surface area contributed by atoms with Gasteiger partial charge in [0.25, 0.3) is 0 Å². The number of carbonyl (C=O) groups is 1. The molecule has 0 fully saturated rings. The van der Waals surface area contributed by atoms with Crippen molar-refractivity contribution in [3.05, 3.63) is 24.3 Å². The molecule has 0 atom stereocenters. The van der Waals surface area contributed by atoms with Gasteiger partial charge in [-0.3, -0.25) is 4.79 Å². The lowest BCUT2D eigenvalue weighted by Gasteiger charge is -2.10.